The number of amides is 2. The minimum absolute atomic E-state index is 0.00955. The van der Waals surface area contributed by atoms with E-state index in [1.165, 1.54) is 0 Å². The smallest absolute Gasteiger partial charge is 0.256 e. The largest absolute Gasteiger partial charge is 0.351 e. The molecule has 4 N–H and O–H groups in total. The number of nitrogens with one attached hydrogen (secondary N) is 4. The monoisotopic (exact) mass is 425 g/mol. The lowest BCUT2D eigenvalue weighted by molar-refractivity contribution is -0.123. The second-order valence-electron chi connectivity index (χ2n) is 8.59. The van der Waals surface area contributed by atoms with Crippen molar-refractivity contribution in [2.45, 2.75) is 45.3 Å². The van der Waals surface area contributed by atoms with E-state index in [4.69, 9.17) is 11.6 Å². The highest BCUT2D eigenvalue weighted by Gasteiger charge is 2.26. The predicted octanol–water partition coefficient (Wildman–Crippen LogP) is 3.92. The fourth-order valence-corrected chi connectivity index (χ4v) is 3.98. The van der Waals surface area contributed by atoms with Crippen molar-refractivity contribution in [3.63, 3.8) is 0 Å². The topological polar surface area (TPSA) is 98.9 Å². The first-order valence-corrected chi connectivity index (χ1v) is 10.2. The van der Waals surface area contributed by atoms with E-state index < -0.39 is 0 Å². The number of carbonyl (C=O) groups excluding carboxylic acids is 2. The number of hydrogen-bond donors (Lipinski definition) is 4. The van der Waals surface area contributed by atoms with E-state index in [1.54, 1.807) is 18.3 Å². The fraction of sp³-hybridized carbons (Fsp3) is 0.318. The van der Waals surface area contributed by atoms with E-state index in [1.807, 2.05) is 39.0 Å². The van der Waals surface area contributed by atoms with Gasteiger partial charge in [-0.15, -0.1) is 0 Å². The molecule has 0 fully saturated rings. The average Bonchev–Trinajstić information content (AvgIpc) is 3.26. The third kappa shape index (κ3) is 4.32. The molecular weight excluding hydrogens is 402 g/mol. The molecular formula is C22H24ClN5O2. The lowest BCUT2D eigenvalue weighted by atomic mass is 10.0. The molecule has 0 spiro atoms. The summed E-state index contributed by atoms with van der Waals surface area (Å²) >= 11 is 6.13. The molecule has 0 aliphatic carbocycles. The molecule has 2 heterocycles. The Bertz CT molecular complexity index is 1130. The van der Waals surface area contributed by atoms with Crippen LogP contribution in [0.3, 0.4) is 0 Å². The van der Waals surface area contributed by atoms with Crippen molar-refractivity contribution in [3.8, 4) is 0 Å². The summed E-state index contributed by atoms with van der Waals surface area (Å²) in [5.74, 6) is -0.244. The number of halogens is 1. The molecule has 0 saturated carbocycles. The molecule has 0 radical (unpaired) electrons. The van der Waals surface area contributed by atoms with Gasteiger partial charge in [0.25, 0.3) is 5.91 Å². The van der Waals surface area contributed by atoms with Gasteiger partial charge in [0.1, 0.15) is 0 Å². The molecule has 2 amide bonds. The van der Waals surface area contributed by atoms with E-state index in [-0.39, 0.29) is 23.4 Å². The normalized spacial score (nSPS) is 15.8. The maximum absolute atomic E-state index is 12.8. The van der Waals surface area contributed by atoms with E-state index >= 15 is 0 Å². The van der Waals surface area contributed by atoms with Gasteiger partial charge in [-0.3, -0.25) is 14.7 Å². The van der Waals surface area contributed by atoms with Gasteiger partial charge in [0.2, 0.25) is 5.91 Å². The molecule has 4 rings (SSSR count). The SMILES string of the molecule is CC(C)(C)NC(=O)C[C@H]1NCc2cc(NC(=O)c3cc(Cl)cc4[nH]ncc34)ccc21. The number of aromatic amines is 1. The van der Waals surface area contributed by atoms with Gasteiger partial charge < -0.3 is 16.0 Å². The molecule has 1 atom stereocenters. The molecule has 1 aromatic heterocycles. The van der Waals surface area contributed by atoms with Gasteiger partial charge in [0.05, 0.1) is 17.3 Å². The zero-order valence-corrected chi connectivity index (χ0v) is 17.9. The number of H-pyrrole nitrogens is 1. The summed E-state index contributed by atoms with van der Waals surface area (Å²) in [6.45, 7) is 6.54. The van der Waals surface area contributed by atoms with Crippen LogP contribution in [-0.2, 0) is 11.3 Å². The number of benzene rings is 2. The lowest BCUT2D eigenvalue weighted by Crippen LogP contribution is -2.41. The summed E-state index contributed by atoms with van der Waals surface area (Å²) in [6.07, 6.45) is 1.98. The zero-order chi connectivity index (χ0) is 21.5. The third-order valence-electron chi connectivity index (χ3n) is 4.99. The summed E-state index contributed by atoms with van der Waals surface area (Å²) in [7, 11) is 0. The molecule has 30 heavy (non-hydrogen) atoms. The molecule has 156 valence electrons. The summed E-state index contributed by atoms with van der Waals surface area (Å²) in [5, 5.41) is 17.3. The van der Waals surface area contributed by atoms with E-state index in [0.717, 1.165) is 11.1 Å². The summed E-state index contributed by atoms with van der Waals surface area (Å²) < 4.78 is 0. The Morgan fingerprint density at radius 3 is 2.80 bits per heavy atom. The fourth-order valence-electron chi connectivity index (χ4n) is 3.76. The number of aromatic nitrogens is 2. The van der Waals surface area contributed by atoms with Crippen molar-refractivity contribution in [1.82, 2.24) is 20.8 Å². The predicted molar refractivity (Wildman–Crippen MR) is 118 cm³/mol. The number of carbonyl (C=O) groups is 2. The first kappa shape index (κ1) is 20.4. The molecule has 0 saturated heterocycles. The Hall–Kier alpha value is -2.90. The average molecular weight is 426 g/mol. The highest BCUT2D eigenvalue weighted by atomic mass is 35.5. The van der Waals surface area contributed by atoms with Gasteiger partial charge in [0.15, 0.2) is 0 Å². The van der Waals surface area contributed by atoms with Crippen LogP contribution in [0, 0.1) is 0 Å². The third-order valence-corrected chi connectivity index (χ3v) is 5.21. The van der Waals surface area contributed by atoms with Gasteiger partial charge >= 0.3 is 0 Å². The molecule has 2 aromatic carbocycles. The van der Waals surface area contributed by atoms with Crippen LogP contribution in [0.5, 0.6) is 0 Å². The lowest BCUT2D eigenvalue weighted by Gasteiger charge is -2.22. The second-order valence-corrected chi connectivity index (χ2v) is 9.02. The van der Waals surface area contributed by atoms with Gasteiger partial charge in [-0.1, -0.05) is 17.7 Å². The van der Waals surface area contributed by atoms with Crippen molar-refractivity contribution in [3.05, 3.63) is 58.2 Å². The standard InChI is InChI=1S/C22H24ClN5O2/c1-22(2,3)27-20(29)9-18-15-5-4-14(6-12(15)10-24-18)26-21(30)16-7-13(23)8-19-17(16)11-25-28-19/h4-8,11,18,24H,9-10H2,1-3H3,(H,25,28)(H,26,30)(H,27,29)/t18-/m1/s1. The zero-order valence-electron chi connectivity index (χ0n) is 17.1. The van der Waals surface area contributed by atoms with Gasteiger partial charge in [-0.05, 0) is 56.2 Å². The van der Waals surface area contributed by atoms with Crippen LogP contribution < -0.4 is 16.0 Å². The van der Waals surface area contributed by atoms with Crippen LogP contribution in [0.2, 0.25) is 5.02 Å². The van der Waals surface area contributed by atoms with Gasteiger partial charge in [-0.2, -0.15) is 5.10 Å². The molecule has 8 heteroatoms. The molecule has 1 aliphatic rings. The number of hydrogen-bond acceptors (Lipinski definition) is 4. The Balaban J connectivity index is 1.49. The van der Waals surface area contributed by atoms with E-state index in [0.29, 0.717) is 40.1 Å². The Labute approximate surface area is 179 Å². The van der Waals surface area contributed by atoms with Gasteiger partial charge in [0, 0.05) is 40.6 Å². The molecule has 3 aromatic rings. The van der Waals surface area contributed by atoms with Crippen LogP contribution in [0.25, 0.3) is 10.9 Å². The molecule has 0 bridgehead atoms. The van der Waals surface area contributed by atoms with Crippen molar-refractivity contribution in [1.29, 1.82) is 0 Å². The van der Waals surface area contributed by atoms with Crippen molar-refractivity contribution in [2.75, 3.05) is 5.32 Å². The quantitative estimate of drug-likeness (QED) is 0.509. The van der Waals surface area contributed by atoms with Crippen LogP contribution in [0.1, 0.15) is 54.7 Å². The van der Waals surface area contributed by atoms with Crippen molar-refractivity contribution < 1.29 is 9.59 Å². The van der Waals surface area contributed by atoms with Crippen LogP contribution >= 0.6 is 11.6 Å². The number of anilines is 1. The first-order chi connectivity index (χ1) is 14.2. The highest BCUT2D eigenvalue weighted by Crippen LogP contribution is 2.31. The Kier molecular flexibility index (Phi) is 5.26. The maximum Gasteiger partial charge on any atom is 0.256 e. The molecule has 7 nitrogen and oxygen atoms in total. The molecule has 0 unspecified atom stereocenters. The van der Waals surface area contributed by atoms with Crippen molar-refractivity contribution in [2.24, 2.45) is 0 Å². The van der Waals surface area contributed by atoms with Gasteiger partial charge in [-0.25, -0.2) is 0 Å². The molecule has 1 aliphatic heterocycles. The minimum Gasteiger partial charge on any atom is -0.351 e. The first-order valence-electron chi connectivity index (χ1n) is 9.81. The van der Waals surface area contributed by atoms with E-state index in [2.05, 4.69) is 26.1 Å². The summed E-state index contributed by atoms with van der Waals surface area (Å²) in [4.78, 5) is 25.1. The van der Waals surface area contributed by atoms with Crippen LogP contribution in [0.4, 0.5) is 5.69 Å². The highest BCUT2D eigenvalue weighted by molar-refractivity contribution is 6.32. The van der Waals surface area contributed by atoms with Crippen molar-refractivity contribution >= 4 is 40.0 Å². The Morgan fingerprint density at radius 2 is 2.03 bits per heavy atom. The number of nitrogens with zero attached hydrogens (tertiary/aromatic N) is 1. The number of rotatable bonds is 4. The minimum atomic E-state index is -0.257. The number of fused-ring (bicyclic) bond motifs is 2. The Morgan fingerprint density at radius 1 is 1.23 bits per heavy atom. The maximum atomic E-state index is 12.8. The van der Waals surface area contributed by atoms with Crippen LogP contribution in [0.15, 0.2) is 36.5 Å². The van der Waals surface area contributed by atoms with Crippen LogP contribution in [-0.4, -0.2) is 27.6 Å². The summed E-state index contributed by atoms with van der Waals surface area (Å²) in [5.41, 5.74) is 3.76. The second kappa shape index (κ2) is 7.74. The summed E-state index contributed by atoms with van der Waals surface area (Å²) in [6, 6.07) is 9.09. The van der Waals surface area contributed by atoms with E-state index in [9.17, 15) is 9.59 Å².